The molecule has 2 aromatic rings. The number of nitro groups is 1. The summed E-state index contributed by atoms with van der Waals surface area (Å²) in [5.74, 6) is -0.351. The molecule has 1 heterocycles. The Kier molecular flexibility index (Phi) is 4.13. The molecule has 0 unspecified atom stereocenters. The number of para-hydroxylation sites is 1. The first-order chi connectivity index (χ1) is 11.7. The van der Waals surface area contributed by atoms with Crippen molar-refractivity contribution >= 4 is 28.8 Å². The molecule has 0 amide bonds. The van der Waals surface area contributed by atoms with Crippen LogP contribution in [-0.4, -0.2) is 17.8 Å². The zero-order valence-corrected chi connectivity index (χ0v) is 14.9. The highest BCUT2D eigenvalue weighted by Crippen LogP contribution is 2.46. The number of carbonyl (C=O) groups is 1. The molecule has 3 rings (SSSR count). The Morgan fingerprint density at radius 1 is 1.24 bits per heavy atom. The van der Waals surface area contributed by atoms with Crippen molar-refractivity contribution in [3.8, 4) is 0 Å². The second kappa shape index (κ2) is 6.01. The Hall–Kier alpha value is -2.66. The van der Waals surface area contributed by atoms with Gasteiger partial charge in [0, 0.05) is 47.6 Å². The summed E-state index contributed by atoms with van der Waals surface area (Å²) < 4.78 is 0. The molecule has 0 saturated carbocycles. The van der Waals surface area contributed by atoms with Crippen molar-refractivity contribution in [3.05, 3.63) is 80.5 Å². The fraction of sp³-hybridized carbons (Fsp3) is 0.211. The number of carbonyl (C=O) groups excluding carboxylic acids is 1. The van der Waals surface area contributed by atoms with E-state index in [-0.39, 0.29) is 27.5 Å². The SMILES string of the molecule is CN1C(=CC(=O)c2cc([N+](=O)[O-])ccc2Cl)C(C)(C)c2ccccc21. The van der Waals surface area contributed by atoms with E-state index >= 15 is 0 Å². The van der Waals surface area contributed by atoms with Crippen LogP contribution in [0.25, 0.3) is 0 Å². The summed E-state index contributed by atoms with van der Waals surface area (Å²) in [6.45, 7) is 4.09. The summed E-state index contributed by atoms with van der Waals surface area (Å²) in [7, 11) is 1.90. The lowest BCUT2D eigenvalue weighted by atomic mass is 9.83. The lowest BCUT2D eigenvalue weighted by molar-refractivity contribution is -0.384. The average Bonchev–Trinajstić information content (AvgIpc) is 2.76. The number of anilines is 1. The Morgan fingerprint density at radius 3 is 2.56 bits per heavy atom. The van der Waals surface area contributed by atoms with Crippen LogP contribution >= 0.6 is 11.6 Å². The molecule has 0 spiro atoms. The van der Waals surface area contributed by atoms with E-state index in [0.29, 0.717) is 0 Å². The van der Waals surface area contributed by atoms with E-state index in [1.807, 2.05) is 50.1 Å². The third-order valence-electron chi connectivity index (χ3n) is 4.63. The molecule has 0 aromatic heterocycles. The first-order valence-electron chi connectivity index (χ1n) is 7.77. The zero-order chi connectivity index (χ0) is 18.4. The van der Waals surface area contributed by atoms with Gasteiger partial charge in [0.1, 0.15) is 0 Å². The van der Waals surface area contributed by atoms with Crippen LogP contribution in [0.15, 0.2) is 54.2 Å². The van der Waals surface area contributed by atoms with Crippen molar-refractivity contribution in [2.24, 2.45) is 0 Å². The number of nitro benzene ring substituents is 1. The van der Waals surface area contributed by atoms with Crippen molar-refractivity contribution in [1.29, 1.82) is 0 Å². The summed E-state index contributed by atoms with van der Waals surface area (Å²) in [5.41, 5.74) is 2.60. The van der Waals surface area contributed by atoms with Crippen LogP contribution in [0, 0.1) is 10.1 Å². The molecule has 2 aromatic carbocycles. The van der Waals surface area contributed by atoms with Crippen LogP contribution in [-0.2, 0) is 5.41 Å². The molecule has 5 nitrogen and oxygen atoms in total. The number of ketones is 1. The first kappa shape index (κ1) is 17.2. The molecule has 0 atom stereocenters. The third kappa shape index (κ3) is 2.81. The van der Waals surface area contributed by atoms with Crippen LogP contribution in [0.2, 0.25) is 5.02 Å². The number of hydrogen-bond donors (Lipinski definition) is 0. The number of benzene rings is 2. The molecule has 6 heteroatoms. The lowest BCUT2D eigenvalue weighted by Crippen LogP contribution is -2.24. The predicted octanol–water partition coefficient (Wildman–Crippen LogP) is 4.74. The second-order valence-corrected chi connectivity index (χ2v) is 6.92. The lowest BCUT2D eigenvalue weighted by Gasteiger charge is -2.24. The molecular weight excluding hydrogens is 340 g/mol. The maximum absolute atomic E-state index is 12.8. The molecule has 128 valence electrons. The standard InChI is InChI=1S/C19H17ClN2O3/c1-19(2)14-6-4-5-7-16(14)21(3)18(19)11-17(23)13-10-12(22(24)25)8-9-15(13)20/h4-11H,1-3H3. The number of nitrogens with zero attached hydrogens (tertiary/aromatic N) is 2. The molecule has 0 N–H and O–H groups in total. The average molecular weight is 357 g/mol. The van der Waals surface area contributed by atoms with Gasteiger partial charge in [0.25, 0.3) is 5.69 Å². The topological polar surface area (TPSA) is 63.5 Å². The van der Waals surface area contributed by atoms with Crippen molar-refractivity contribution in [3.63, 3.8) is 0 Å². The van der Waals surface area contributed by atoms with E-state index in [2.05, 4.69) is 0 Å². The summed E-state index contributed by atoms with van der Waals surface area (Å²) in [4.78, 5) is 25.2. The molecule has 1 aliphatic heterocycles. The quantitative estimate of drug-likeness (QED) is 0.345. The monoisotopic (exact) mass is 356 g/mol. The number of rotatable bonds is 3. The van der Waals surface area contributed by atoms with E-state index in [1.165, 1.54) is 24.3 Å². The molecule has 25 heavy (non-hydrogen) atoms. The van der Waals surface area contributed by atoms with Gasteiger partial charge < -0.3 is 4.90 Å². The number of likely N-dealkylation sites (N-methyl/N-ethyl adjacent to an activating group) is 1. The number of halogens is 1. The van der Waals surface area contributed by atoms with Gasteiger partial charge in [-0.05, 0) is 17.7 Å². The van der Waals surface area contributed by atoms with Crippen LogP contribution in [0.5, 0.6) is 0 Å². The smallest absolute Gasteiger partial charge is 0.270 e. The first-order valence-corrected chi connectivity index (χ1v) is 8.15. The van der Waals surface area contributed by atoms with Gasteiger partial charge in [0.05, 0.1) is 9.95 Å². The highest BCUT2D eigenvalue weighted by molar-refractivity contribution is 6.34. The van der Waals surface area contributed by atoms with Gasteiger partial charge in [-0.25, -0.2) is 0 Å². The Balaban J connectivity index is 2.06. The van der Waals surface area contributed by atoms with Gasteiger partial charge in [0.2, 0.25) is 0 Å². The Morgan fingerprint density at radius 2 is 1.92 bits per heavy atom. The van der Waals surface area contributed by atoms with E-state index < -0.39 is 4.92 Å². The van der Waals surface area contributed by atoms with Crippen LogP contribution < -0.4 is 4.90 Å². The maximum Gasteiger partial charge on any atom is 0.270 e. The summed E-state index contributed by atoms with van der Waals surface area (Å²) in [5, 5.41) is 11.2. The molecule has 0 saturated heterocycles. The number of hydrogen-bond acceptors (Lipinski definition) is 4. The second-order valence-electron chi connectivity index (χ2n) is 6.52. The van der Waals surface area contributed by atoms with Crippen LogP contribution in [0.1, 0.15) is 29.8 Å². The molecule has 0 aliphatic carbocycles. The van der Waals surface area contributed by atoms with E-state index in [4.69, 9.17) is 11.6 Å². The van der Waals surface area contributed by atoms with E-state index in [9.17, 15) is 14.9 Å². The minimum absolute atomic E-state index is 0.128. The van der Waals surface area contributed by atoms with E-state index in [0.717, 1.165) is 16.9 Å². The molecule has 0 bridgehead atoms. The van der Waals surface area contributed by atoms with Gasteiger partial charge in [-0.2, -0.15) is 0 Å². The van der Waals surface area contributed by atoms with Gasteiger partial charge >= 0.3 is 0 Å². The largest absolute Gasteiger partial charge is 0.347 e. The normalized spacial score (nSPS) is 16.8. The van der Waals surface area contributed by atoms with Gasteiger partial charge in [-0.1, -0.05) is 43.6 Å². The molecule has 1 aliphatic rings. The molecule has 0 fully saturated rings. The fourth-order valence-electron chi connectivity index (χ4n) is 3.28. The van der Waals surface area contributed by atoms with Crippen molar-refractivity contribution in [1.82, 2.24) is 0 Å². The summed E-state index contributed by atoms with van der Waals surface area (Å²) in [6.07, 6.45) is 1.52. The maximum atomic E-state index is 12.8. The van der Waals surface area contributed by atoms with E-state index in [1.54, 1.807) is 0 Å². The van der Waals surface area contributed by atoms with Crippen molar-refractivity contribution < 1.29 is 9.72 Å². The predicted molar refractivity (Wildman–Crippen MR) is 98.4 cm³/mol. The highest BCUT2D eigenvalue weighted by Gasteiger charge is 2.38. The summed E-state index contributed by atoms with van der Waals surface area (Å²) in [6, 6.07) is 11.8. The van der Waals surface area contributed by atoms with Crippen LogP contribution in [0.3, 0.4) is 0 Å². The van der Waals surface area contributed by atoms with Gasteiger partial charge in [0.15, 0.2) is 5.78 Å². The van der Waals surface area contributed by atoms with Gasteiger partial charge in [-0.3, -0.25) is 14.9 Å². The van der Waals surface area contributed by atoms with Gasteiger partial charge in [-0.15, -0.1) is 0 Å². The third-order valence-corrected chi connectivity index (χ3v) is 4.96. The molecular formula is C19H17ClN2O3. The minimum Gasteiger partial charge on any atom is -0.347 e. The molecule has 0 radical (unpaired) electrons. The summed E-state index contributed by atoms with van der Waals surface area (Å²) >= 11 is 6.09. The van der Waals surface area contributed by atoms with Crippen LogP contribution in [0.4, 0.5) is 11.4 Å². The fourth-order valence-corrected chi connectivity index (χ4v) is 3.49. The number of allylic oxidation sites excluding steroid dienone is 2. The van der Waals surface area contributed by atoms with Crippen molar-refractivity contribution in [2.45, 2.75) is 19.3 Å². The zero-order valence-electron chi connectivity index (χ0n) is 14.1. The van der Waals surface area contributed by atoms with Crippen molar-refractivity contribution in [2.75, 3.05) is 11.9 Å². The number of non-ortho nitro benzene ring substituents is 1. The number of fused-ring (bicyclic) bond motifs is 1. The minimum atomic E-state index is -0.540. The highest BCUT2D eigenvalue weighted by atomic mass is 35.5. The Labute approximate surface area is 150 Å². The Bertz CT molecular complexity index is 919.